The Labute approximate surface area is 187 Å². The van der Waals surface area contributed by atoms with Crippen molar-refractivity contribution in [1.82, 2.24) is 10.6 Å². The molecule has 0 saturated heterocycles. The molecular formula is C18H22N4O9S. The number of ketones is 1. The van der Waals surface area contributed by atoms with Gasteiger partial charge < -0.3 is 26.2 Å². The number of nitrogens with one attached hydrogen (secondary N) is 2. The molecule has 0 spiro atoms. The first kappa shape index (κ1) is 26.5. The highest BCUT2D eigenvalue weighted by Crippen LogP contribution is 2.12. The molecule has 0 fully saturated rings. The van der Waals surface area contributed by atoms with Gasteiger partial charge in [-0.3, -0.25) is 34.1 Å². The molecule has 13 nitrogen and oxygen atoms in total. The van der Waals surface area contributed by atoms with Gasteiger partial charge in [0, 0.05) is 29.9 Å². The Kier molecular flexibility index (Phi) is 10.8. The van der Waals surface area contributed by atoms with E-state index in [-0.39, 0.29) is 29.8 Å². The molecule has 2 atom stereocenters. The standard InChI is InChI=1S/C18H22N4O9S/c19-12(18(27)28)5-6-15(24)21-13(9-32)17(26)20-7-16(25)31-8-14(23)10-1-3-11(4-2-10)22(29)30/h1-4,12-13,32H,5-9,19H2,(H,20,26)(H,21,24)(H,27,28). The van der Waals surface area contributed by atoms with Gasteiger partial charge in [-0.25, -0.2) is 0 Å². The number of nitrogens with two attached hydrogens (primary N) is 1. The van der Waals surface area contributed by atoms with E-state index in [1.165, 1.54) is 12.1 Å². The van der Waals surface area contributed by atoms with Gasteiger partial charge in [0.1, 0.15) is 18.6 Å². The Morgan fingerprint density at radius 3 is 2.34 bits per heavy atom. The topological polar surface area (TPSA) is 208 Å². The van der Waals surface area contributed by atoms with Gasteiger partial charge in [0.25, 0.3) is 5.69 Å². The monoisotopic (exact) mass is 470 g/mol. The van der Waals surface area contributed by atoms with Crippen LogP contribution in [0.4, 0.5) is 5.69 Å². The van der Waals surface area contributed by atoms with Crippen LogP contribution in [0.2, 0.25) is 0 Å². The third kappa shape index (κ3) is 9.09. The minimum atomic E-state index is -1.26. The maximum absolute atomic E-state index is 12.1. The number of carbonyl (C=O) groups is 5. The minimum Gasteiger partial charge on any atom is -0.480 e. The van der Waals surface area contributed by atoms with Crippen molar-refractivity contribution in [2.75, 3.05) is 18.9 Å². The summed E-state index contributed by atoms with van der Waals surface area (Å²) in [4.78, 5) is 68.2. The average Bonchev–Trinajstić information content (AvgIpc) is 2.77. The summed E-state index contributed by atoms with van der Waals surface area (Å²) >= 11 is 3.95. The zero-order valence-electron chi connectivity index (χ0n) is 16.7. The van der Waals surface area contributed by atoms with Crippen molar-refractivity contribution in [3.05, 3.63) is 39.9 Å². The van der Waals surface area contributed by atoms with E-state index >= 15 is 0 Å². The number of carboxylic acids is 1. The molecule has 0 heterocycles. The Hall–Kier alpha value is -3.52. The molecule has 1 aromatic rings. The highest BCUT2D eigenvalue weighted by molar-refractivity contribution is 7.80. The number of ether oxygens (including phenoxy) is 1. The number of carbonyl (C=O) groups excluding carboxylic acids is 4. The summed E-state index contributed by atoms with van der Waals surface area (Å²) in [6, 6.07) is 2.40. The fourth-order valence-electron chi connectivity index (χ4n) is 2.20. The lowest BCUT2D eigenvalue weighted by Crippen LogP contribution is -2.49. The second kappa shape index (κ2) is 13.0. The zero-order chi connectivity index (χ0) is 24.3. The van der Waals surface area contributed by atoms with E-state index in [0.29, 0.717) is 0 Å². The van der Waals surface area contributed by atoms with Crippen molar-refractivity contribution in [2.24, 2.45) is 5.73 Å². The van der Waals surface area contributed by atoms with Crippen molar-refractivity contribution in [3.8, 4) is 0 Å². The molecule has 0 bridgehead atoms. The number of benzene rings is 1. The Balaban J connectivity index is 2.42. The lowest BCUT2D eigenvalue weighted by molar-refractivity contribution is -0.384. The van der Waals surface area contributed by atoms with Crippen LogP contribution in [-0.2, 0) is 23.9 Å². The SMILES string of the molecule is NC(CCC(=O)NC(CS)C(=O)NCC(=O)OCC(=O)c1ccc([N+](=O)[O-])cc1)C(=O)O. The van der Waals surface area contributed by atoms with Gasteiger partial charge in [-0.1, -0.05) is 0 Å². The fourth-order valence-corrected chi connectivity index (χ4v) is 2.46. The van der Waals surface area contributed by atoms with Gasteiger partial charge in [0.15, 0.2) is 12.4 Å². The number of nitro benzene ring substituents is 1. The molecule has 5 N–H and O–H groups in total. The first-order valence-electron chi connectivity index (χ1n) is 9.14. The summed E-state index contributed by atoms with van der Waals surface area (Å²) in [6.45, 7) is -1.22. The molecule has 0 radical (unpaired) electrons. The van der Waals surface area contributed by atoms with Gasteiger partial charge in [-0.2, -0.15) is 12.6 Å². The van der Waals surface area contributed by atoms with Crippen LogP contribution in [-0.4, -0.2) is 70.6 Å². The van der Waals surface area contributed by atoms with Gasteiger partial charge >= 0.3 is 11.9 Å². The number of nitrogens with zero attached hydrogens (tertiary/aromatic N) is 1. The van der Waals surface area contributed by atoms with E-state index in [9.17, 15) is 34.1 Å². The van der Waals surface area contributed by atoms with Crippen molar-refractivity contribution in [3.63, 3.8) is 0 Å². The molecule has 1 aromatic carbocycles. The smallest absolute Gasteiger partial charge is 0.325 e. The molecule has 0 aliphatic rings. The quantitative estimate of drug-likeness (QED) is 0.0784. The molecule has 2 unspecified atom stereocenters. The summed E-state index contributed by atoms with van der Waals surface area (Å²) in [6.07, 6.45) is -0.352. The molecular weight excluding hydrogens is 448 g/mol. The Morgan fingerprint density at radius 1 is 1.19 bits per heavy atom. The molecule has 0 aliphatic carbocycles. The molecule has 32 heavy (non-hydrogen) atoms. The van der Waals surface area contributed by atoms with Crippen LogP contribution in [0.15, 0.2) is 24.3 Å². The number of aliphatic carboxylic acids is 1. The number of amides is 2. The highest BCUT2D eigenvalue weighted by atomic mass is 32.1. The molecule has 0 aliphatic heterocycles. The Morgan fingerprint density at radius 2 is 1.81 bits per heavy atom. The third-order valence-corrected chi connectivity index (χ3v) is 4.37. The predicted molar refractivity (Wildman–Crippen MR) is 112 cm³/mol. The van der Waals surface area contributed by atoms with E-state index in [0.717, 1.165) is 12.1 Å². The van der Waals surface area contributed by atoms with Crippen molar-refractivity contribution in [1.29, 1.82) is 0 Å². The van der Waals surface area contributed by atoms with Crippen LogP contribution in [0.5, 0.6) is 0 Å². The second-order valence-electron chi connectivity index (χ2n) is 6.39. The summed E-state index contributed by atoms with van der Waals surface area (Å²) in [7, 11) is 0. The number of Topliss-reactive ketones (excluding diaryl/α,β-unsaturated/α-hetero) is 1. The summed E-state index contributed by atoms with van der Waals surface area (Å²) < 4.78 is 4.76. The molecule has 14 heteroatoms. The summed E-state index contributed by atoms with van der Waals surface area (Å²) in [5, 5.41) is 23.8. The van der Waals surface area contributed by atoms with Crippen LogP contribution in [0.3, 0.4) is 0 Å². The number of carboxylic acid groups (broad SMARTS) is 1. The molecule has 1 rings (SSSR count). The van der Waals surface area contributed by atoms with Crippen LogP contribution in [0.1, 0.15) is 23.2 Å². The first-order valence-corrected chi connectivity index (χ1v) is 9.78. The van der Waals surface area contributed by atoms with Gasteiger partial charge in [-0.15, -0.1) is 0 Å². The van der Waals surface area contributed by atoms with E-state index < -0.39 is 59.7 Å². The van der Waals surface area contributed by atoms with Crippen molar-refractivity contribution in [2.45, 2.75) is 24.9 Å². The minimum absolute atomic E-state index is 0.101. The van der Waals surface area contributed by atoms with E-state index in [4.69, 9.17) is 15.6 Å². The number of hydrogen-bond acceptors (Lipinski definition) is 10. The average molecular weight is 470 g/mol. The maximum atomic E-state index is 12.1. The first-order chi connectivity index (χ1) is 15.0. The Bertz CT molecular complexity index is 876. The zero-order valence-corrected chi connectivity index (χ0v) is 17.6. The number of non-ortho nitro benzene ring substituents is 1. The summed E-state index contributed by atoms with van der Waals surface area (Å²) in [5.74, 6) is -4.24. The predicted octanol–water partition coefficient (Wildman–Crippen LogP) is -0.956. The van der Waals surface area contributed by atoms with Crippen molar-refractivity contribution >= 4 is 47.9 Å². The molecule has 0 aromatic heterocycles. The normalized spacial score (nSPS) is 12.2. The van der Waals surface area contributed by atoms with E-state index in [2.05, 4.69) is 23.3 Å². The lowest BCUT2D eigenvalue weighted by Gasteiger charge is -2.16. The number of rotatable bonds is 13. The number of nitro groups is 1. The second-order valence-corrected chi connectivity index (χ2v) is 6.76. The third-order valence-electron chi connectivity index (χ3n) is 4.01. The highest BCUT2D eigenvalue weighted by Gasteiger charge is 2.21. The molecule has 174 valence electrons. The van der Waals surface area contributed by atoms with Crippen molar-refractivity contribution < 1.29 is 38.7 Å². The largest absolute Gasteiger partial charge is 0.480 e. The van der Waals surface area contributed by atoms with Gasteiger partial charge in [0.2, 0.25) is 11.8 Å². The number of hydrogen-bond donors (Lipinski definition) is 5. The van der Waals surface area contributed by atoms with E-state index in [1.807, 2.05) is 0 Å². The summed E-state index contributed by atoms with van der Waals surface area (Å²) in [5.41, 5.74) is 5.21. The molecule has 2 amide bonds. The van der Waals surface area contributed by atoms with Crippen LogP contribution >= 0.6 is 12.6 Å². The maximum Gasteiger partial charge on any atom is 0.325 e. The van der Waals surface area contributed by atoms with Gasteiger partial charge in [-0.05, 0) is 18.6 Å². The van der Waals surface area contributed by atoms with Crippen LogP contribution in [0.25, 0.3) is 0 Å². The fraction of sp³-hybridized carbons (Fsp3) is 0.389. The van der Waals surface area contributed by atoms with E-state index in [1.54, 1.807) is 0 Å². The van der Waals surface area contributed by atoms with Gasteiger partial charge in [0.05, 0.1) is 4.92 Å². The number of esters is 1. The molecule has 0 saturated carbocycles. The lowest BCUT2D eigenvalue weighted by atomic mass is 10.1. The van der Waals surface area contributed by atoms with Crippen LogP contribution < -0.4 is 16.4 Å². The number of thiol groups is 1. The van der Waals surface area contributed by atoms with Crippen LogP contribution in [0, 0.1) is 10.1 Å².